The van der Waals surface area contributed by atoms with Gasteiger partial charge in [-0.05, 0) is 60.7 Å². The van der Waals surface area contributed by atoms with Crippen molar-refractivity contribution in [2.75, 3.05) is 0 Å². The Balaban J connectivity index is 1.45. The molecule has 3 aromatic rings. The normalized spacial score (nSPS) is 14.1. The van der Waals surface area contributed by atoms with Crippen molar-refractivity contribution in [3.8, 4) is 17.2 Å². The van der Waals surface area contributed by atoms with E-state index in [0.717, 1.165) is 0 Å². The lowest BCUT2D eigenvalue weighted by Gasteiger charge is -2.25. The second-order valence-corrected chi connectivity index (χ2v) is 6.13. The number of ether oxygens (including phenoxy) is 1. The van der Waals surface area contributed by atoms with Crippen LogP contribution < -0.4 is 4.74 Å². The van der Waals surface area contributed by atoms with E-state index >= 15 is 0 Å². The first-order chi connectivity index (χ1) is 12.2. The van der Waals surface area contributed by atoms with E-state index in [1.54, 1.807) is 12.1 Å². The Hall–Kier alpha value is -2.95. The average molecular weight is 337 g/mol. The van der Waals surface area contributed by atoms with Gasteiger partial charge in [-0.15, -0.1) is 0 Å². The smallest absolute Gasteiger partial charge is 0.365 e. The molecule has 2 aromatic carbocycles. The topological polar surface area (TPSA) is 52.3 Å². The maximum Gasteiger partial charge on any atom is 0.365 e. The van der Waals surface area contributed by atoms with E-state index in [2.05, 4.69) is 4.98 Å². The number of halogens is 1. The van der Waals surface area contributed by atoms with Crippen molar-refractivity contribution in [2.24, 2.45) is 0 Å². The van der Waals surface area contributed by atoms with Gasteiger partial charge in [-0.3, -0.25) is 0 Å². The number of hydrogen-bond acceptors (Lipinski definition) is 4. The summed E-state index contributed by atoms with van der Waals surface area (Å²) < 4.78 is 23.6. The van der Waals surface area contributed by atoms with Gasteiger partial charge in [0.05, 0.1) is 0 Å². The molecule has 1 fully saturated rings. The molecule has 0 atom stereocenters. The summed E-state index contributed by atoms with van der Waals surface area (Å²) in [5.74, 6) is 0.416. The van der Waals surface area contributed by atoms with Crippen LogP contribution in [0.25, 0.3) is 11.5 Å². The molecule has 0 N–H and O–H groups in total. The molecule has 5 heteroatoms. The van der Waals surface area contributed by atoms with Gasteiger partial charge in [0, 0.05) is 5.56 Å². The molecule has 0 unspecified atom stereocenters. The molecule has 0 amide bonds. The van der Waals surface area contributed by atoms with Crippen molar-refractivity contribution in [1.82, 2.24) is 4.98 Å². The minimum atomic E-state index is -0.589. The minimum absolute atomic E-state index is 0.0717. The molecule has 1 aliphatic carbocycles. The van der Waals surface area contributed by atoms with E-state index in [1.807, 2.05) is 12.1 Å². The fourth-order valence-corrected chi connectivity index (χ4v) is 2.80. The van der Waals surface area contributed by atoms with E-state index in [4.69, 9.17) is 9.15 Å². The number of oxazole rings is 1. The van der Waals surface area contributed by atoms with E-state index in [-0.39, 0.29) is 17.4 Å². The number of carbonyl (C=O) groups excluding carboxylic acids is 1. The third kappa shape index (κ3) is 3.31. The maximum atomic E-state index is 13.0. The van der Waals surface area contributed by atoms with Crippen LogP contribution in [0, 0.1) is 5.82 Å². The summed E-state index contributed by atoms with van der Waals surface area (Å²) in [5.41, 5.74) is 1.94. The van der Waals surface area contributed by atoms with Gasteiger partial charge in [0.15, 0.2) is 5.69 Å². The number of esters is 1. The monoisotopic (exact) mass is 337 g/mol. The largest absolute Gasteiger partial charge is 0.444 e. The van der Waals surface area contributed by atoms with Crippen LogP contribution in [0.15, 0.2) is 59.2 Å². The van der Waals surface area contributed by atoms with Crippen LogP contribution in [0.2, 0.25) is 0 Å². The Labute approximate surface area is 144 Å². The summed E-state index contributed by atoms with van der Waals surface area (Å²) in [6.07, 6.45) is 4.97. The van der Waals surface area contributed by atoms with Gasteiger partial charge in [-0.2, -0.15) is 0 Å². The Morgan fingerprint density at radius 3 is 2.44 bits per heavy atom. The SMILES string of the molecule is O=C(Oc1ccc(C2CCC2)cc1)c1coc(-c2ccc(F)cc2)n1. The summed E-state index contributed by atoms with van der Waals surface area (Å²) in [7, 11) is 0. The number of carbonyl (C=O) groups is 1. The molecular formula is C20H16FNO3. The molecule has 25 heavy (non-hydrogen) atoms. The van der Waals surface area contributed by atoms with E-state index < -0.39 is 5.97 Å². The molecule has 0 bridgehead atoms. The number of nitrogens with zero attached hydrogens (tertiary/aromatic N) is 1. The zero-order chi connectivity index (χ0) is 17.2. The van der Waals surface area contributed by atoms with Crippen LogP contribution in [0.4, 0.5) is 4.39 Å². The van der Waals surface area contributed by atoms with Crippen molar-refractivity contribution >= 4 is 5.97 Å². The third-order valence-electron chi connectivity index (χ3n) is 4.47. The van der Waals surface area contributed by atoms with Crippen LogP contribution in [-0.4, -0.2) is 11.0 Å². The zero-order valence-corrected chi connectivity index (χ0v) is 13.4. The molecule has 4 nitrogen and oxygen atoms in total. The lowest BCUT2D eigenvalue weighted by molar-refractivity contribution is 0.0728. The van der Waals surface area contributed by atoms with Gasteiger partial charge in [0.1, 0.15) is 17.8 Å². The summed E-state index contributed by atoms with van der Waals surface area (Å²) >= 11 is 0. The molecule has 4 rings (SSSR count). The highest BCUT2D eigenvalue weighted by Crippen LogP contribution is 2.36. The Morgan fingerprint density at radius 2 is 1.80 bits per heavy atom. The van der Waals surface area contributed by atoms with Gasteiger partial charge in [-0.25, -0.2) is 14.2 Å². The van der Waals surface area contributed by atoms with Crippen LogP contribution >= 0.6 is 0 Å². The third-order valence-corrected chi connectivity index (χ3v) is 4.47. The summed E-state index contributed by atoms with van der Waals surface area (Å²) in [5, 5.41) is 0. The molecule has 1 aliphatic rings. The van der Waals surface area contributed by atoms with E-state index in [9.17, 15) is 9.18 Å². The van der Waals surface area contributed by atoms with Gasteiger partial charge in [-0.1, -0.05) is 18.6 Å². The van der Waals surface area contributed by atoms with Crippen molar-refractivity contribution in [2.45, 2.75) is 25.2 Å². The predicted molar refractivity (Wildman–Crippen MR) is 89.9 cm³/mol. The number of hydrogen-bond donors (Lipinski definition) is 0. The van der Waals surface area contributed by atoms with Crippen LogP contribution in [0.5, 0.6) is 5.75 Å². The van der Waals surface area contributed by atoms with Crippen molar-refractivity contribution in [3.63, 3.8) is 0 Å². The summed E-state index contributed by atoms with van der Waals surface area (Å²) in [6, 6.07) is 13.3. The van der Waals surface area contributed by atoms with Crippen molar-refractivity contribution < 1.29 is 18.3 Å². The number of rotatable bonds is 4. The van der Waals surface area contributed by atoms with Crippen LogP contribution in [0.1, 0.15) is 41.2 Å². The second kappa shape index (κ2) is 6.51. The fraction of sp³-hybridized carbons (Fsp3) is 0.200. The highest BCUT2D eigenvalue weighted by Gasteiger charge is 2.20. The molecule has 126 valence electrons. The maximum absolute atomic E-state index is 13.0. The first kappa shape index (κ1) is 15.6. The molecule has 1 saturated carbocycles. The van der Waals surface area contributed by atoms with Gasteiger partial charge >= 0.3 is 5.97 Å². The van der Waals surface area contributed by atoms with Gasteiger partial charge in [0.25, 0.3) is 0 Å². The standard InChI is InChI=1S/C20H16FNO3/c21-16-8-4-15(5-9-16)19-22-18(12-24-19)20(23)25-17-10-6-14(7-11-17)13-2-1-3-13/h4-13H,1-3H2. The van der Waals surface area contributed by atoms with E-state index in [0.29, 0.717) is 17.2 Å². The minimum Gasteiger partial charge on any atom is -0.444 e. The summed E-state index contributed by atoms with van der Waals surface area (Å²) in [4.78, 5) is 16.3. The Morgan fingerprint density at radius 1 is 1.08 bits per heavy atom. The van der Waals surface area contributed by atoms with Crippen molar-refractivity contribution in [3.05, 3.63) is 71.9 Å². The summed E-state index contributed by atoms with van der Waals surface area (Å²) in [6.45, 7) is 0. The molecule has 0 radical (unpaired) electrons. The lowest BCUT2D eigenvalue weighted by atomic mass is 9.80. The van der Waals surface area contributed by atoms with Crippen LogP contribution in [0.3, 0.4) is 0 Å². The van der Waals surface area contributed by atoms with E-state index in [1.165, 1.54) is 55.4 Å². The van der Waals surface area contributed by atoms with Gasteiger partial charge in [0.2, 0.25) is 5.89 Å². The first-order valence-corrected chi connectivity index (χ1v) is 8.22. The average Bonchev–Trinajstić information content (AvgIpc) is 3.06. The second-order valence-electron chi connectivity index (χ2n) is 6.13. The Bertz CT molecular complexity index is 880. The predicted octanol–water partition coefficient (Wildman–Crippen LogP) is 4.97. The number of aromatic nitrogens is 1. The molecular weight excluding hydrogens is 321 g/mol. The Kier molecular flexibility index (Phi) is 4.06. The highest BCUT2D eigenvalue weighted by atomic mass is 19.1. The van der Waals surface area contributed by atoms with Crippen LogP contribution in [-0.2, 0) is 0 Å². The number of benzene rings is 2. The lowest BCUT2D eigenvalue weighted by Crippen LogP contribution is -2.10. The molecule has 1 heterocycles. The zero-order valence-electron chi connectivity index (χ0n) is 13.4. The molecule has 1 aromatic heterocycles. The molecule has 0 saturated heterocycles. The fourth-order valence-electron chi connectivity index (χ4n) is 2.80. The van der Waals surface area contributed by atoms with Gasteiger partial charge < -0.3 is 9.15 Å². The first-order valence-electron chi connectivity index (χ1n) is 8.22. The molecule has 0 spiro atoms. The van der Waals surface area contributed by atoms with Crippen molar-refractivity contribution in [1.29, 1.82) is 0 Å². The quantitative estimate of drug-likeness (QED) is 0.498. The highest BCUT2D eigenvalue weighted by molar-refractivity contribution is 5.89. The molecule has 0 aliphatic heterocycles.